The molecule has 158 valence electrons. The van der Waals surface area contributed by atoms with Crippen molar-refractivity contribution in [3.05, 3.63) is 23.0 Å². The second-order valence-electron chi connectivity index (χ2n) is 8.41. The third kappa shape index (κ3) is 5.59. The van der Waals surface area contributed by atoms with E-state index in [-0.39, 0.29) is 18.0 Å². The van der Waals surface area contributed by atoms with Crippen LogP contribution in [0.3, 0.4) is 0 Å². The molecule has 1 N–H and O–H groups in total. The number of ether oxygens (including phenoxy) is 1. The first-order valence-corrected chi connectivity index (χ1v) is 10.2. The lowest BCUT2D eigenvalue weighted by atomic mass is 10.1. The van der Waals surface area contributed by atoms with Crippen molar-refractivity contribution >= 4 is 35.1 Å². The number of nitrogens with zero attached hydrogens (tertiary/aromatic N) is 4. The number of halogens is 1. The number of hydrogen-bond acceptors (Lipinski definition) is 6. The van der Waals surface area contributed by atoms with Crippen molar-refractivity contribution in [3.63, 3.8) is 0 Å². The van der Waals surface area contributed by atoms with Gasteiger partial charge in [-0.2, -0.15) is 0 Å². The average Bonchev–Trinajstić information content (AvgIpc) is 3.12. The monoisotopic (exact) mass is 421 g/mol. The molecule has 2 amide bonds. The topological polar surface area (TPSA) is 87.7 Å². The number of carbonyl (C=O) groups is 2. The summed E-state index contributed by atoms with van der Waals surface area (Å²) >= 11 is 6.33. The molecule has 8 nitrogen and oxygen atoms in total. The summed E-state index contributed by atoms with van der Waals surface area (Å²) in [5, 5.41) is 3.79. The Balaban J connectivity index is 1.63. The van der Waals surface area contributed by atoms with Gasteiger partial charge in [-0.05, 0) is 39.2 Å². The number of amides is 2. The molecule has 29 heavy (non-hydrogen) atoms. The van der Waals surface area contributed by atoms with Gasteiger partial charge in [-0.1, -0.05) is 17.7 Å². The van der Waals surface area contributed by atoms with Crippen LogP contribution in [0.1, 0.15) is 46.2 Å². The zero-order valence-corrected chi connectivity index (χ0v) is 18.1. The number of rotatable bonds is 3. The van der Waals surface area contributed by atoms with Crippen LogP contribution in [0.25, 0.3) is 5.57 Å². The third-order valence-electron chi connectivity index (χ3n) is 4.89. The van der Waals surface area contributed by atoms with Crippen molar-refractivity contribution in [3.8, 4) is 0 Å². The molecular formula is C20H28ClN5O3. The zero-order chi connectivity index (χ0) is 21.2. The predicted molar refractivity (Wildman–Crippen MR) is 112 cm³/mol. The lowest BCUT2D eigenvalue weighted by Gasteiger charge is -2.31. The number of aromatic nitrogens is 2. The van der Waals surface area contributed by atoms with E-state index in [1.54, 1.807) is 18.0 Å². The van der Waals surface area contributed by atoms with Gasteiger partial charge in [0.2, 0.25) is 11.9 Å². The van der Waals surface area contributed by atoms with Crippen LogP contribution in [-0.2, 0) is 9.53 Å². The molecule has 0 aliphatic carbocycles. The molecule has 0 atom stereocenters. The maximum absolute atomic E-state index is 12.3. The molecule has 1 fully saturated rings. The third-order valence-corrected chi connectivity index (χ3v) is 5.17. The van der Waals surface area contributed by atoms with Gasteiger partial charge in [0.05, 0.1) is 23.5 Å². The van der Waals surface area contributed by atoms with E-state index in [1.165, 1.54) is 0 Å². The van der Waals surface area contributed by atoms with Crippen molar-refractivity contribution in [2.45, 2.75) is 52.2 Å². The standard InChI is InChI=1S/C20H28ClN5O3/c1-13(27)25-9-6-15(7-10-25)23-18-22-11-16(21)17(24-18)14-5-8-26(12-14)19(28)29-20(2,3)4/h5,11,15H,6-10,12H2,1-4H3,(H,22,23,24). The fourth-order valence-corrected chi connectivity index (χ4v) is 3.59. The predicted octanol–water partition coefficient (Wildman–Crippen LogP) is 3.19. The summed E-state index contributed by atoms with van der Waals surface area (Å²) in [4.78, 5) is 36.1. The first-order chi connectivity index (χ1) is 13.6. The maximum Gasteiger partial charge on any atom is 0.410 e. The van der Waals surface area contributed by atoms with E-state index in [2.05, 4.69) is 15.3 Å². The Hall–Kier alpha value is -2.35. The van der Waals surface area contributed by atoms with E-state index >= 15 is 0 Å². The van der Waals surface area contributed by atoms with E-state index in [0.717, 1.165) is 31.5 Å². The van der Waals surface area contributed by atoms with Crippen LogP contribution in [0.5, 0.6) is 0 Å². The van der Waals surface area contributed by atoms with Gasteiger partial charge in [0, 0.05) is 32.6 Å². The van der Waals surface area contributed by atoms with E-state index in [4.69, 9.17) is 16.3 Å². The highest BCUT2D eigenvalue weighted by molar-refractivity contribution is 6.32. The quantitative estimate of drug-likeness (QED) is 0.806. The van der Waals surface area contributed by atoms with Crippen molar-refractivity contribution in [1.82, 2.24) is 19.8 Å². The molecule has 3 heterocycles. The molecule has 0 spiro atoms. The van der Waals surface area contributed by atoms with Gasteiger partial charge in [0.1, 0.15) is 5.60 Å². The van der Waals surface area contributed by atoms with Gasteiger partial charge in [0.25, 0.3) is 0 Å². The van der Waals surface area contributed by atoms with Crippen molar-refractivity contribution in [2.24, 2.45) is 0 Å². The SMILES string of the molecule is CC(=O)N1CCC(Nc2ncc(Cl)c(C3=CCN(C(=O)OC(C)(C)C)C3)n2)CC1. The molecule has 0 radical (unpaired) electrons. The minimum atomic E-state index is -0.540. The number of nitrogens with one attached hydrogen (secondary N) is 1. The molecule has 2 aliphatic rings. The first kappa shape index (κ1) is 21.4. The Morgan fingerprint density at radius 1 is 1.24 bits per heavy atom. The van der Waals surface area contributed by atoms with Gasteiger partial charge in [-0.25, -0.2) is 14.8 Å². The second-order valence-corrected chi connectivity index (χ2v) is 8.81. The van der Waals surface area contributed by atoms with Crippen molar-refractivity contribution in [2.75, 3.05) is 31.5 Å². The van der Waals surface area contributed by atoms with Gasteiger partial charge < -0.3 is 19.9 Å². The zero-order valence-electron chi connectivity index (χ0n) is 17.4. The molecule has 1 saturated heterocycles. The van der Waals surface area contributed by atoms with Crippen LogP contribution >= 0.6 is 11.6 Å². The lowest BCUT2D eigenvalue weighted by molar-refractivity contribution is -0.129. The summed E-state index contributed by atoms with van der Waals surface area (Å²) in [5.41, 5.74) is 0.954. The van der Waals surface area contributed by atoms with Crippen LogP contribution in [0.4, 0.5) is 10.7 Å². The molecule has 0 aromatic carbocycles. The number of piperidine rings is 1. The molecule has 9 heteroatoms. The van der Waals surface area contributed by atoms with E-state index in [9.17, 15) is 9.59 Å². The minimum Gasteiger partial charge on any atom is -0.444 e. The Morgan fingerprint density at radius 2 is 1.93 bits per heavy atom. The Bertz CT molecular complexity index is 813. The fraction of sp³-hybridized carbons (Fsp3) is 0.600. The van der Waals surface area contributed by atoms with Crippen molar-refractivity contribution < 1.29 is 14.3 Å². The molecule has 0 saturated carbocycles. The Kier molecular flexibility index (Phi) is 6.31. The van der Waals surface area contributed by atoms with Gasteiger partial charge in [-0.3, -0.25) is 4.79 Å². The number of anilines is 1. The fourth-order valence-electron chi connectivity index (χ4n) is 3.38. The molecule has 1 aromatic rings. The van der Waals surface area contributed by atoms with Gasteiger partial charge in [-0.15, -0.1) is 0 Å². The van der Waals surface area contributed by atoms with Crippen LogP contribution in [0, 0.1) is 0 Å². The van der Waals surface area contributed by atoms with Crippen LogP contribution in [-0.4, -0.2) is 69.6 Å². The lowest BCUT2D eigenvalue weighted by Crippen LogP contribution is -2.41. The summed E-state index contributed by atoms with van der Waals surface area (Å²) in [5.74, 6) is 0.610. The van der Waals surface area contributed by atoms with Crippen LogP contribution < -0.4 is 5.32 Å². The minimum absolute atomic E-state index is 0.108. The normalized spacial score (nSPS) is 17.9. The summed E-state index contributed by atoms with van der Waals surface area (Å²) in [6.07, 6.45) is 4.84. The van der Waals surface area contributed by atoms with E-state index in [1.807, 2.05) is 31.7 Å². The second kappa shape index (κ2) is 8.57. The molecule has 2 aliphatic heterocycles. The van der Waals surface area contributed by atoms with Crippen LogP contribution in [0.15, 0.2) is 12.3 Å². The van der Waals surface area contributed by atoms with Crippen molar-refractivity contribution in [1.29, 1.82) is 0 Å². The highest BCUT2D eigenvalue weighted by Gasteiger charge is 2.27. The molecule has 3 rings (SSSR count). The molecule has 0 bridgehead atoms. The summed E-state index contributed by atoms with van der Waals surface area (Å²) in [7, 11) is 0. The summed E-state index contributed by atoms with van der Waals surface area (Å²) in [6, 6.07) is 0.204. The number of carbonyl (C=O) groups excluding carboxylic acids is 2. The maximum atomic E-state index is 12.3. The smallest absolute Gasteiger partial charge is 0.410 e. The molecule has 0 unspecified atom stereocenters. The molecule has 1 aromatic heterocycles. The Labute approximate surface area is 176 Å². The van der Waals surface area contributed by atoms with E-state index in [0.29, 0.717) is 29.8 Å². The highest BCUT2D eigenvalue weighted by atomic mass is 35.5. The van der Waals surface area contributed by atoms with Crippen LogP contribution in [0.2, 0.25) is 5.02 Å². The van der Waals surface area contributed by atoms with Gasteiger partial charge >= 0.3 is 6.09 Å². The largest absolute Gasteiger partial charge is 0.444 e. The van der Waals surface area contributed by atoms with Gasteiger partial charge in [0.15, 0.2) is 0 Å². The first-order valence-electron chi connectivity index (χ1n) is 9.84. The Morgan fingerprint density at radius 3 is 2.55 bits per heavy atom. The molecular weight excluding hydrogens is 394 g/mol. The van der Waals surface area contributed by atoms with E-state index < -0.39 is 5.60 Å². The summed E-state index contributed by atoms with van der Waals surface area (Å²) < 4.78 is 5.43. The summed E-state index contributed by atoms with van der Waals surface area (Å²) in [6.45, 7) is 9.42. The number of hydrogen-bond donors (Lipinski definition) is 1. The highest BCUT2D eigenvalue weighted by Crippen LogP contribution is 2.27. The number of likely N-dealkylation sites (tertiary alicyclic amines) is 1. The average molecular weight is 422 g/mol.